The summed E-state index contributed by atoms with van der Waals surface area (Å²) in [5, 5.41) is 3.49. The molecule has 0 spiro atoms. The second-order valence-electron chi connectivity index (χ2n) is 4.83. The summed E-state index contributed by atoms with van der Waals surface area (Å²) in [6, 6.07) is 0.415. The van der Waals surface area contributed by atoms with Gasteiger partial charge in [0.1, 0.15) is 9.84 Å². The summed E-state index contributed by atoms with van der Waals surface area (Å²) in [6.07, 6.45) is 1.58. The molecule has 0 atom stereocenters. The highest BCUT2D eigenvalue weighted by atomic mass is 32.2. The Kier molecular flexibility index (Phi) is 5.14. The topological polar surface area (TPSA) is 49.4 Å². The summed E-state index contributed by atoms with van der Waals surface area (Å²) in [5.74, 6) is 3.24. The number of hydrogen-bond acceptors (Lipinski definition) is 5. The highest BCUT2D eigenvalue weighted by molar-refractivity contribution is 7.99. The largest absolute Gasteiger partial charge is 0.313 e. The molecule has 2 fully saturated rings. The molecule has 0 amide bonds. The third kappa shape index (κ3) is 4.77. The Labute approximate surface area is 108 Å². The predicted octanol–water partition coefficient (Wildman–Crippen LogP) is 0.202. The van der Waals surface area contributed by atoms with Crippen LogP contribution in [0.5, 0.6) is 0 Å². The van der Waals surface area contributed by atoms with Crippen LogP contribution < -0.4 is 5.32 Å². The van der Waals surface area contributed by atoms with Crippen molar-refractivity contribution in [2.24, 2.45) is 0 Å². The lowest BCUT2D eigenvalue weighted by atomic mass is 10.1. The lowest BCUT2D eigenvalue weighted by molar-refractivity contribution is 0.292. The van der Waals surface area contributed by atoms with Gasteiger partial charge in [-0.25, -0.2) is 8.42 Å². The average molecular weight is 278 g/mol. The van der Waals surface area contributed by atoms with Gasteiger partial charge in [-0.05, 0) is 12.8 Å². The van der Waals surface area contributed by atoms with Crippen molar-refractivity contribution in [3.63, 3.8) is 0 Å². The summed E-state index contributed by atoms with van der Waals surface area (Å²) >= 11 is 2.03. The molecule has 0 unspecified atom stereocenters. The molecule has 2 saturated heterocycles. The smallest absolute Gasteiger partial charge is 0.150 e. The first kappa shape index (κ1) is 13.6. The van der Waals surface area contributed by atoms with Gasteiger partial charge in [0.15, 0.2) is 0 Å². The summed E-state index contributed by atoms with van der Waals surface area (Å²) in [5.41, 5.74) is 0. The molecule has 6 heteroatoms. The highest BCUT2D eigenvalue weighted by Gasteiger charge is 2.23. The van der Waals surface area contributed by atoms with E-state index in [2.05, 4.69) is 10.2 Å². The Balaban J connectivity index is 1.59. The van der Waals surface area contributed by atoms with Crippen molar-refractivity contribution < 1.29 is 8.42 Å². The van der Waals surface area contributed by atoms with Gasteiger partial charge in [0.05, 0.1) is 11.5 Å². The Hall–Kier alpha value is 0.220. The maximum absolute atomic E-state index is 11.3. The SMILES string of the molecule is O=S1(=O)CCC(NCCN2CCSCC2)CC1. The fourth-order valence-electron chi connectivity index (χ4n) is 2.35. The van der Waals surface area contributed by atoms with E-state index >= 15 is 0 Å². The molecule has 0 aromatic rings. The maximum atomic E-state index is 11.3. The molecule has 17 heavy (non-hydrogen) atoms. The minimum absolute atomic E-state index is 0.366. The standard InChI is InChI=1S/C11H22N2O2S2/c14-17(15)9-1-11(2-10-17)12-3-4-13-5-7-16-8-6-13/h11-12H,1-10H2. The molecule has 0 bridgehead atoms. The van der Waals surface area contributed by atoms with E-state index in [0.717, 1.165) is 25.9 Å². The van der Waals surface area contributed by atoms with E-state index < -0.39 is 9.84 Å². The van der Waals surface area contributed by atoms with Crippen LogP contribution in [-0.4, -0.2) is 68.5 Å². The zero-order chi connectivity index (χ0) is 12.1. The molecule has 100 valence electrons. The molecule has 2 aliphatic heterocycles. The monoisotopic (exact) mass is 278 g/mol. The van der Waals surface area contributed by atoms with Crippen molar-refractivity contribution >= 4 is 21.6 Å². The van der Waals surface area contributed by atoms with Gasteiger partial charge in [0.25, 0.3) is 0 Å². The first-order valence-electron chi connectivity index (χ1n) is 6.40. The van der Waals surface area contributed by atoms with Crippen molar-refractivity contribution in [1.29, 1.82) is 0 Å². The van der Waals surface area contributed by atoms with Crippen LogP contribution in [0.15, 0.2) is 0 Å². The average Bonchev–Trinajstić information content (AvgIpc) is 2.33. The van der Waals surface area contributed by atoms with Crippen LogP contribution in [0.4, 0.5) is 0 Å². The van der Waals surface area contributed by atoms with Crippen molar-refractivity contribution in [1.82, 2.24) is 10.2 Å². The quantitative estimate of drug-likeness (QED) is 0.796. The molecule has 2 rings (SSSR count). The molecule has 0 aromatic carbocycles. The number of rotatable bonds is 4. The highest BCUT2D eigenvalue weighted by Crippen LogP contribution is 2.12. The maximum Gasteiger partial charge on any atom is 0.150 e. The molecule has 2 aliphatic rings. The van der Waals surface area contributed by atoms with Gasteiger partial charge < -0.3 is 10.2 Å². The lowest BCUT2D eigenvalue weighted by Crippen LogP contribution is -2.43. The number of hydrogen-bond donors (Lipinski definition) is 1. The molecule has 4 nitrogen and oxygen atoms in total. The minimum Gasteiger partial charge on any atom is -0.313 e. The predicted molar refractivity (Wildman–Crippen MR) is 73.4 cm³/mol. The van der Waals surface area contributed by atoms with E-state index in [-0.39, 0.29) is 0 Å². The molecule has 0 radical (unpaired) electrons. The van der Waals surface area contributed by atoms with Crippen LogP contribution in [0.1, 0.15) is 12.8 Å². The fraction of sp³-hybridized carbons (Fsp3) is 1.00. The second kappa shape index (κ2) is 6.41. The number of thioether (sulfide) groups is 1. The van der Waals surface area contributed by atoms with Gasteiger partial charge in [-0.2, -0.15) is 11.8 Å². The van der Waals surface area contributed by atoms with Crippen molar-refractivity contribution in [3.8, 4) is 0 Å². The van der Waals surface area contributed by atoms with Crippen LogP contribution in [0.25, 0.3) is 0 Å². The van der Waals surface area contributed by atoms with Gasteiger partial charge in [-0.3, -0.25) is 0 Å². The van der Waals surface area contributed by atoms with Crippen molar-refractivity contribution in [2.75, 3.05) is 49.2 Å². The summed E-state index contributed by atoms with van der Waals surface area (Å²) in [7, 11) is -2.71. The Morgan fingerprint density at radius 3 is 2.47 bits per heavy atom. The van der Waals surface area contributed by atoms with Crippen LogP contribution in [0.3, 0.4) is 0 Å². The molecule has 0 saturated carbocycles. The molecule has 1 N–H and O–H groups in total. The first-order valence-corrected chi connectivity index (χ1v) is 9.37. The number of sulfone groups is 1. The van der Waals surface area contributed by atoms with E-state index in [1.807, 2.05) is 11.8 Å². The van der Waals surface area contributed by atoms with Crippen LogP contribution in [-0.2, 0) is 9.84 Å². The summed E-state index contributed by atoms with van der Waals surface area (Å²) < 4.78 is 22.6. The van der Waals surface area contributed by atoms with Gasteiger partial charge in [-0.1, -0.05) is 0 Å². The second-order valence-corrected chi connectivity index (χ2v) is 8.36. The Bertz CT molecular complexity index is 312. The summed E-state index contributed by atoms with van der Waals surface area (Å²) in [4.78, 5) is 2.49. The van der Waals surface area contributed by atoms with E-state index in [0.29, 0.717) is 17.5 Å². The number of nitrogens with one attached hydrogen (secondary N) is 1. The molecule has 2 heterocycles. The van der Waals surface area contributed by atoms with Crippen LogP contribution >= 0.6 is 11.8 Å². The molecular formula is C11H22N2O2S2. The van der Waals surface area contributed by atoms with E-state index in [1.54, 1.807) is 0 Å². The van der Waals surface area contributed by atoms with Gasteiger partial charge >= 0.3 is 0 Å². The van der Waals surface area contributed by atoms with Crippen molar-refractivity contribution in [3.05, 3.63) is 0 Å². The third-order valence-corrected chi connectivity index (χ3v) is 6.18. The zero-order valence-electron chi connectivity index (χ0n) is 10.2. The van der Waals surface area contributed by atoms with Gasteiger partial charge in [0, 0.05) is 43.7 Å². The third-order valence-electron chi connectivity index (χ3n) is 3.52. The molecule has 0 aromatic heterocycles. The minimum atomic E-state index is -2.71. The van der Waals surface area contributed by atoms with E-state index in [1.165, 1.54) is 24.6 Å². The lowest BCUT2D eigenvalue weighted by Gasteiger charge is -2.28. The van der Waals surface area contributed by atoms with Crippen molar-refractivity contribution in [2.45, 2.75) is 18.9 Å². The normalized spacial score (nSPS) is 27.1. The Morgan fingerprint density at radius 1 is 1.18 bits per heavy atom. The van der Waals surface area contributed by atoms with Crippen LogP contribution in [0, 0.1) is 0 Å². The van der Waals surface area contributed by atoms with Gasteiger partial charge in [-0.15, -0.1) is 0 Å². The van der Waals surface area contributed by atoms with E-state index in [9.17, 15) is 8.42 Å². The number of nitrogens with zero attached hydrogens (tertiary/aromatic N) is 1. The first-order chi connectivity index (χ1) is 8.16. The van der Waals surface area contributed by atoms with Gasteiger partial charge in [0.2, 0.25) is 0 Å². The fourth-order valence-corrected chi connectivity index (χ4v) is 4.82. The van der Waals surface area contributed by atoms with E-state index in [4.69, 9.17) is 0 Å². The summed E-state index contributed by atoms with van der Waals surface area (Å²) in [6.45, 7) is 4.50. The Morgan fingerprint density at radius 2 is 1.82 bits per heavy atom. The molecular weight excluding hydrogens is 256 g/mol. The van der Waals surface area contributed by atoms with Crippen LogP contribution in [0.2, 0.25) is 0 Å². The zero-order valence-corrected chi connectivity index (χ0v) is 11.9. The molecule has 0 aliphatic carbocycles.